The summed E-state index contributed by atoms with van der Waals surface area (Å²) in [6.45, 7) is 5.81. The second-order valence-electron chi connectivity index (χ2n) is 7.26. The first-order valence-electron chi connectivity index (χ1n) is 10.8. The predicted molar refractivity (Wildman–Crippen MR) is 128 cm³/mol. The number of carbonyl (C=O) groups excluding carboxylic acids is 2. The average molecular weight is 432 g/mol. The molecular weight excluding hydrogens is 402 g/mol. The number of ether oxygens (including phenoxy) is 1. The Kier molecular flexibility index (Phi) is 8.26. The molecule has 6 heteroatoms. The van der Waals surface area contributed by atoms with Crippen LogP contribution in [0.15, 0.2) is 78.9 Å². The number of anilines is 2. The third kappa shape index (κ3) is 6.60. The lowest BCUT2D eigenvalue weighted by molar-refractivity contribution is -0.114. The van der Waals surface area contributed by atoms with E-state index in [0.717, 1.165) is 17.0 Å². The molecule has 6 nitrogen and oxygen atoms in total. The topological polar surface area (TPSA) is 70.7 Å². The van der Waals surface area contributed by atoms with Crippen molar-refractivity contribution in [3.8, 4) is 5.75 Å². The molecule has 3 aromatic rings. The zero-order valence-corrected chi connectivity index (χ0v) is 18.5. The second kappa shape index (κ2) is 11.6. The molecule has 32 heavy (non-hydrogen) atoms. The van der Waals surface area contributed by atoms with Gasteiger partial charge in [0, 0.05) is 30.0 Å². The van der Waals surface area contributed by atoms with Crippen LogP contribution < -0.4 is 15.4 Å². The molecule has 0 saturated heterocycles. The van der Waals surface area contributed by atoms with E-state index in [4.69, 9.17) is 4.74 Å². The van der Waals surface area contributed by atoms with Crippen LogP contribution in [0.4, 0.5) is 11.4 Å². The van der Waals surface area contributed by atoms with E-state index in [1.165, 1.54) is 0 Å². The maximum Gasteiger partial charge on any atom is 0.253 e. The maximum absolute atomic E-state index is 12.5. The Balaban J connectivity index is 1.48. The Hall–Kier alpha value is -3.80. The molecule has 0 aliphatic rings. The first-order chi connectivity index (χ1) is 15.6. The lowest BCUT2D eigenvalue weighted by Crippen LogP contribution is -2.30. The van der Waals surface area contributed by atoms with Gasteiger partial charge in [-0.15, -0.1) is 0 Å². The van der Waals surface area contributed by atoms with Crippen molar-refractivity contribution in [3.63, 3.8) is 0 Å². The highest BCUT2D eigenvalue weighted by Gasteiger charge is 2.12. The molecule has 0 saturated carbocycles. The van der Waals surface area contributed by atoms with Crippen molar-refractivity contribution in [1.82, 2.24) is 4.90 Å². The SMILES string of the molecule is CCN(CC)C(=O)c1cccc(NCC(=O)Nc2ccc(OCc3ccccc3)cc2)c1. The summed E-state index contributed by atoms with van der Waals surface area (Å²) in [6, 6.07) is 24.4. The summed E-state index contributed by atoms with van der Waals surface area (Å²) in [6.07, 6.45) is 0. The molecular formula is C26H29N3O3. The molecule has 0 fully saturated rings. The highest BCUT2D eigenvalue weighted by Crippen LogP contribution is 2.17. The first kappa shape index (κ1) is 22.9. The Morgan fingerprint density at radius 3 is 2.25 bits per heavy atom. The summed E-state index contributed by atoms with van der Waals surface area (Å²) in [7, 11) is 0. The van der Waals surface area contributed by atoms with Gasteiger partial charge in [-0.1, -0.05) is 36.4 Å². The standard InChI is InChI=1S/C26H29N3O3/c1-3-29(4-2)26(31)21-11-8-12-23(17-21)27-18-25(30)28-22-13-15-24(16-14-22)32-19-20-9-6-5-7-10-20/h5-17,27H,3-4,18-19H2,1-2H3,(H,28,30). The molecule has 0 radical (unpaired) electrons. The van der Waals surface area contributed by atoms with Crippen LogP contribution in [0.5, 0.6) is 5.75 Å². The van der Waals surface area contributed by atoms with Crippen molar-refractivity contribution in [2.45, 2.75) is 20.5 Å². The van der Waals surface area contributed by atoms with Crippen molar-refractivity contribution < 1.29 is 14.3 Å². The fourth-order valence-corrected chi connectivity index (χ4v) is 3.22. The number of nitrogens with zero attached hydrogens (tertiary/aromatic N) is 1. The molecule has 3 rings (SSSR count). The van der Waals surface area contributed by atoms with E-state index in [2.05, 4.69) is 10.6 Å². The molecule has 0 aromatic heterocycles. The van der Waals surface area contributed by atoms with Crippen molar-refractivity contribution in [3.05, 3.63) is 90.0 Å². The van der Waals surface area contributed by atoms with Gasteiger partial charge in [0.25, 0.3) is 5.91 Å². The fraction of sp³-hybridized carbons (Fsp3) is 0.231. The summed E-state index contributed by atoms with van der Waals surface area (Å²) in [5.41, 5.74) is 3.11. The molecule has 0 heterocycles. The first-order valence-corrected chi connectivity index (χ1v) is 10.8. The third-order valence-corrected chi connectivity index (χ3v) is 5.00. The van der Waals surface area contributed by atoms with Gasteiger partial charge < -0.3 is 20.3 Å². The van der Waals surface area contributed by atoms with E-state index >= 15 is 0 Å². The predicted octanol–water partition coefficient (Wildman–Crippen LogP) is 4.80. The van der Waals surface area contributed by atoms with Crippen LogP contribution in [0.25, 0.3) is 0 Å². The molecule has 166 valence electrons. The van der Waals surface area contributed by atoms with Gasteiger partial charge in [0.1, 0.15) is 12.4 Å². The molecule has 0 unspecified atom stereocenters. The number of hydrogen-bond donors (Lipinski definition) is 2. The van der Waals surface area contributed by atoms with Crippen LogP contribution in [0.2, 0.25) is 0 Å². The maximum atomic E-state index is 12.5. The van der Waals surface area contributed by atoms with Crippen molar-refractivity contribution >= 4 is 23.2 Å². The Labute approximate surface area is 189 Å². The Morgan fingerprint density at radius 2 is 1.56 bits per heavy atom. The van der Waals surface area contributed by atoms with E-state index < -0.39 is 0 Å². The van der Waals surface area contributed by atoms with Crippen molar-refractivity contribution in [1.29, 1.82) is 0 Å². The van der Waals surface area contributed by atoms with E-state index in [1.54, 1.807) is 17.0 Å². The van der Waals surface area contributed by atoms with Crippen LogP contribution in [0.1, 0.15) is 29.8 Å². The van der Waals surface area contributed by atoms with Gasteiger partial charge in [0.2, 0.25) is 5.91 Å². The van der Waals surface area contributed by atoms with Gasteiger partial charge in [-0.3, -0.25) is 9.59 Å². The van der Waals surface area contributed by atoms with Crippen LogP contribution >= 0.6 is 0 Å². The van der Waals surface area contributed by atoms with Crippen LogP contribution in [0, 0.1) is 0 Å². The molecule has 0 bridgehead atoms. The van der Waals surface area contributed by atoms with Gasteiger partial charge in [-0.25, -0.2) is 0 Å². The summed E-state index contributed by atoms with van der Waals surface area (Å²) in [4.78, 5) is 26.6. The average Bonchev–Trinajstić information content (AvgIpc) is 2.84. The Bertz CT molecular complexity index is 1020. The molecule has 0 aliphatic heterocycles. The minimum absolute atomic E-state index is 0.0160. The quantitative estimate of drug-likeness (QED) is 0.484. The van der Waals surface area contributed by atoms with E-state index in [9.17, 15) is 9.59 Å². The fourth-order valence-electron chi connectivity index (χ4n) is 3.22. The van der Waals surface area contributed by atoms with Gasteiger partial charge in [-0.2, -0.15) is 0 Å². The number of benzene rings is 3. The van der Waals surface area contributed by atoms with E-state index in [-0.39, 0.29) is 18.4 Å². The number of carbonyl (C=O) groups is 2. The summed E-state index contributed by atoms with van der Waals surface area (Å²) in [5.74, 6) is 0.542. The highest BCUT2D eigenvalue weighted by atomic mass is 16.5. The third-order valence-electron chi connectivity index (χ3n) is 5.00. The largest absolute Gasteiger partial charge is 0.489 e. The molecule has 2 amide bonds. The lowest BCUT2D eigenvalue weighted by atomic mass is 10.1. The zero-order valence-electron chi connectivity index (χ0n) is 18.5. The molecule has 0 atom stereocenters. The van der Waals surface area contributed by atoms with E-state index in [0.29, 0.717) is 30.9 Å². The molecule has 3 aromatic carbocycles. The smallest absolute Gasteiger partial charge is 0.253 e. The van der Waals surface area contributed by atoms with Gasteiger partial charge in [-0.05, 0) is 61.9 Å². The van der Waals surface area contributed by atoms with Gasteiger partial charge >= 0.3 is 0 Å². The van der Waals surface area contributed by atoms with Crippen molar-refractivity contribution in [2.24, 2.45) is 0 Å². The lowest BCUT2D eigenvalue weighted by Gasteiger charge is -2.19. The van der Waals surface area contributed by atoms with Crippen LogP contribution in [-0.2, 0) is 11.4 Å². The molecule has 0 aliphatic carbocycles. The number of rotatable bonds is 10. The van der Waals surface area contributed by atoms with Crippen LogP contribution in [-0.4, -0.2) is 36.3 Å². The number of amides is 2. The second-order valence-corrected chi connectivity index (χ2v) is 7.26. The number of hydrogen-bond acceptors (Lipinski definition) is 4. The normalized spacial score (nSPS) is 10.3. The summed E-state index contributed by atoms with van der Waals surface area (Å²) >= 11 is 0. The van der Waals surface area contributed by atoms with E-state index in [1.807, 2.05) is 80.6 Å². The zero-order chi connectivity index (χ0) is 22.8. The summed E-state index contributed by atoms with van der Waals surface area (Å²) in [5, 5.41) is 5.93. The van der Waals surface area contributed by atoms with Crippen molar-refractivity contribution in [2.75, 3.05) is 30.3 Å². The monoisotopic (exact) mass is 431 g/mol. The van der Waals surface area contributed by atoms with Gasteiger partial charge in [0.15, 0.2) is 0 Å². The molecule has 0 spiro atoms. The highest BCUT2D eigenvalue weighted by molar-refractivity contribution is 5.96. The molecule has 2 N–H and O–H groups in total. The Morgan fingerprint density at radius 1 is 0.844 bits per heavy atom. The minimum atomic E-state index is -0.177. The van der Waals surface area contributed by atoms with Gasteiger partial charge in [0.05, 0.1) is 6.54 Å². The summed E-state index contributed by atoms with van der Waals surface area (Å²) < 4.78 is 5.76. The minimum Gasteiger partial charge on any atom is -0.489 e. The number of nitrogens with one attached hydrogen (secondary N) is 2. The van der Waals surface area contributed by atoms with Crippen LogP contribution in [0.3, 0.4) is 0 Å².